The number of aryl methyl sites for hydroxylation is 1. The van der Waals surface area contributed by atoms with E-state index in [0.717, 1.165) is 28.7 Å². The van der Waals surface area contributed by atoms with E-state index in [1.165, 1.54) is 11.3 Å². The number of nitrogens with two attached hydrogens (primary N) is 1. The van der Waals surface area contributed by atoms with Crippen LogP contribution in [0.2, 0.25) is 0 Å². The number of hydrogen-bond acceptors (Lipinski definition) is 4. The molecule has 0 atom stereocenters. The molecule has 0 saturated carbocycles. The molecule has 0 aliphatic carbocycles. The molecule has 5 heteroatoms. The monoisotopic (exact) mass is 275 g/mol. The SMILES string of the molecule is CCc1cc(-c2ccc(C(=O)O)s2)cc(C=O)c1N. The van der Waals surface area contributed by atoms with Gasteiger partial charge in [-0.3, -0.25) is 4.79 Å². The lowest BCUT2D eigenvalue weighted by Crippen LogP contribution is -1.99. The van der Waals surface area contributed by atoms with E-state index >= 15 is 0 Å². The largest absolute Gasteiger partial charge is 0.477 e. The van der Waals surface area contributed by atoms with Crippen molar-refractivity contribution in [2.24, 2.45) is 0 Å². The fraction of sp³-hybridized carbons (Fsp3) is 0.143. The number of nitrogen functional groups attached to an aromatic ring is 1. The van der Waals surface area contributed by atoms with E-state index in [1.54, 1.807) is 18.2 Å². The Bertz CT molecular complexity index is 646. The second kappa shape index (κ2) is 5.24. The molecule has 0 bridgehead atoms. The minimum Gasteiger partial charge on any atom is -0.477 e. The first-order chi connectivity index (χ1) is 9.06. The molecule has 1 heterocycles. The molecular formula is C14H13NO3S. The lowest BCUT2D eigenvalue weighted by molar-refractivity contribution is 0.0702. The topological polar surface area (TPSA) is 80.4 Å². The van der Waals surface area contributed by atoms with E-state index in [2.05, 4.69) is 0 Å². The molecule has 1 aromatic carbocycles. The molecule has 0 radical (unpaired) electrons. The van der Waals surface area contributed by atoms with E-state index in [0.29, 0.717) is 11.3 Å². The molecule has 0 unspecified atom stereocenters. The molecule has 19 heavy (non-hydrogen) atoms. The van der Waals surface area contributed by atoms with Gasteiger partial charge in [0.1, 0.15) is 4.88 Å². The Morgan fingerprint density at radius 2 is 2.16 bits per heavy atom. The number of carboxylic acid groups (broad SMARTS) is 1. The Kier molecular flexibility index (Phi) is 3.66. The molecule has 0 spiro atoms. The number of benzene rings is 1. The zero-order chi connectivity index (χ0) is 14.0. The lowest BCUT2D eigenvalue weighted by Gasteiger charge is -2.08. The molecule has 4 nitrogen and oxygen atoms in total. The summed E-state index contributed by atoms with van der Waals surface area (Å²) in [5, 5.41) is 8.92. The maximum atomic E-state index is 11.0. The van der Waals surface area contributed by atoms with Crippen LogP contribution < -0.4 is 5.73 Å². The van der Waals surface area contributed by atoms with Crippen LogP contribution in [0.15, 0.2) is 24.3 Å². The third-order valence-corrected chi connectivity index (χ3v) is 4.03. The summed E-state index contributed by atoms with van der Waals surface area (Å²) in [6.07, 6.45) is 1.45. The number of carboxylic acids is 1. The Labute approximate surface area is 114 Å². The van der Waals surface area contributed by atoms with Crippen LogP contribution in [-0.4, -0.2) is 17.4 Å². The van der Waals surface area contributed by atoms with Crippen molar-refractivity contribution in [3.63, 3.8) is 0 Å². The molecule has 2 rings (SSSR count). The highest BCUT2D eigenvalue weighted by molar-refractivity contribution is 7.17. The van der Waals surface area contributed by atoms with Gasteiger partial charge in [0.2, 0.25) is 0 Å². The summed E-state index contributed by atoms with van der Waals surface area (Å²) < 4.78 is 0. The van der Waals surface area contributed by atoms with Crippen molar-refractivity contribution in [1.29, 1.82) is 0 Å². The van der Waals surface area contributed by atoms with Crippen LogP contribution >= 0.6 is 11.3 Å². The maximum absolute atomic E-state index is 11.0. The molecule has 0 aliphatic heterocycles. The van der Waals surface area contributed by atoms with E-state index in [9.17, 15) is 9.59 Å². The highest BCUT2D eigenvalue weighted by Gasteiger charge is 2.12. The molecule has 3 N–H and O–H groups in total. The number of aldehydes is 1. The molecule has 0 saturated heterocycles. The summed E-state index contributed by atoms with van der Waals surface area (Å²) in [6.45, 7) is 1.96. The Morgan fingerprint density at radius 1 is 1.42 bits per heavy atom. The van der Waals surface area contributed by atoms with E-state index in [-0.39, 0.29) is 4.88 Å². The van der Waals surface area contributed by atoms with Gasteiger partial charge in [-0.25, -0.2) is 4.79 Å². The molecule has 0 amide bonds. The predicted molar refractivity (Wildman–Crippen MR) is 75.9 cm³/mol. The molecular weight excluding hydrogens is 262 g/mol. The van der Waals surface area contributed by atoms with E-state index in [4.69, 9.17) is 10.8 Å². The van der Waals surface area contributed by atoms with Crippen LogP contribution in [0.3, 0.4) is 0 Å². The second-order valence-corrected chi connectivity index (χ2v) is 5.16. The molecule has 98 valence electrons. The van der Waals surface area contributed by atoms with E-state index in [1.807, 2.05) is 13.0 Å². The summed E-state index contributed by atoms with van der Waals surface area (Å²) in [7, 11) is 0. The van der Waals surface area contributed by atoms with Crippen molar-refractivity contribution in [1.82, 2.24) is 0 Å². The number of hydrogen-bond donors (Lipinski definition) is 2. The van der Waals surface area contributed by atoms with Crippen LogP contribution in [0, 0.1) is 0 Å². The van der Waals surface area contributed by atoms with Crippen molar-refractivity contribution in [3.8, 4) is 10.4 Å². The van der Waals surface area contributed by atoms with Gasteiger partial charge < -0.3 is 10.8 Å². The Balaban J connectivity index is 2.55. The lowest BCUT2D eigenvalue weighted by atomic mass is 10.0. The van der Waals surface area contributed by atoms with Crippen LogP contribution in [-0.2, 0) is 6.42 Å². The van der Waals surface area contributed by atoms with Gasteiger partial charge in [-0.15, -0.1) is 11.3 Å². The van der Waals surface area contributed by atoms with Gasteiger partial charge in [-0.2, -0.15) is 0 Å². The summed E-state index contributed by atoms with van der Waals surface area (Å²) in [6, 6.07) is 6.90. The van der Waals surface area contributed by atoms with Crippen molar-refractivity contribution in [2.45, 2.75) is 13.3 Å². The van der Waals surface area contributed by atoms with Gasteiger partial charge in [0.25, 0.3) is 0 Å². The molecule has 2 aromatic rings. The first-order valence-electron chi connectivity index (χ1n) is 5.78. The number of aromatic carboxylic acids is 1. The summed E-state index contributed by atoms with van der Waals surface area (Å²) in [5.74, 6) is -0.946. The zero-order valence-electron chi connectivity index (χ0n) is 10.3. The second-order valence-electron chi connectivity index (χ2n) is 4.08. The minimum atomic E-state index is -0.946. The van der Waals surface area contributed by atoms with Crippen LogP contribution in [0.4, 0.5) is 5.69 Å². The van der Waals surface area contributed by atoms with Crippen molar-refractivity contribution in [2.75, 3.05) is 5.73 Å². The number of carbonyl (C=O) groups is 2. The standard InChI is InChI=1S/C14H13NO3S/c1-2-8-5-9(6-10(7-16)13(8)15)11-3-4-12(19-11)14(17)18/h3-7H,2,15H2,1H3,(H,17,18). The molecule has 0 fully saturated rings. The summed E-state index contributed by atoms with van der Waals surface area (Å²) in [4.78, 5) is 23.0. The van der Waals surface area contributed by atoms with Gasteiger partial charge in [0, 0.05) is 16.1 Å². The number of rotatable bonds is 4. The van der Waals surface area contributed by atoms with Gasteiger partial charge in [-0.1, -0.05) is 6.92 Å². The number of carbonyl (C=O) groups excluding carboxylic acids is 1. The van der Waals surface area contributed by atoms with Crippen molar-refractivity contribution >= 4 is 29.3 Å². The normalized spacial score (nSPS) is 10.4. The fourth-order valence-corrected chi connectivity index (χ4v) is 2.71. The van der Waals surface area contributed by atoms with Gasteiger partial charge in [0.05, 0.1) is 0 Å². The number of thiophene rings is 1. The zero-order valence-corrected chi connectivity index (χ0v) is 11.2. The van der Waals surface area contributed by atoms with Crippen LogP contribution in [0.25, 0.3) is 10.4 Å². The third-order valence-electron chi connectivity index (χ3n) is 2.91. The Hall–Kier alpha value is -2.14. The average molecular weight is 275 g/mol. The fourth-order valence-electron chi connectivity index (χ4n) is 1.88. The minimum absolute atomic E-state index is 0.275. The maximum Gasteiger partial charge on any atom is 0.345 e. The summed E-state index contributed by atoms with van der Waals surface area (Å²) in [5.41, 5.74) is 8.54. The van der Waals surface area contributed by atoms with Gasteiger partial charge >= 0.3 is 5.97 Å². The average Bonchev–Trinajstić information content (AvgIpc) is 2.89. The highest BCUT2D eigenvalue weighted by Crippen LogP contribution is 2.32. The first-order valence-corrected chi connectivity index (χ1v) is 6.59. The highest BCUT2D eigenvalue weighted by atomic mass is 32.1. The molecule has 0 aliphatic rings. The number of anilines is 1. The molecule has 1 aromatic heterocycles. The van der Waals surface area contributed by atoms with Gasteiger partial charge in [0.15, 0.2) is 6.29 Å². The quantitative estimate of drug-likeness (QED) is 0.663. The first kappa shape index (κ1) is 13.3. The predicted octanol–water partition coefficient (Wildman–Crippen LogP) is 3.07. The van der Waals surface area contributed by atoms with Crippen molar-refractivity contribution in [3.05, 3.63) is 40.3 Å². The van der Waals surface area contributed by atoms with E-state index < -0.39 is 5.97 Å². The summed E-state index contributed by atoms with van der Waals surface area (Å²) >= 11 is 1.18. The van der Waals surface area contributed by atoms with Crippen LogP contribution in [0.1, 0.15) is 32.5 Å². The van der Waals surface area contributed by atoms with Crippen LogP contribution in [0.5, 0.6) is 0 Å². The third kappa shape index (κ3) is 2.51. The van der Waals surface area contributed by atoms with Crippen molar-refractivity contribution < 1.29 is 14.7 Å². The Morgan fingerprint density at radius 3 is 2.68 bits per heavy atom. The smallest absolute Gasteiger partial charge is 0.345 e. The van der Waals surface area contributed by atoms with Gasteiger partial charge in [-0.05, 0) is 41.8 Å².